The summed E-state index contributed by atoms with van der Waals surface area (Å²) in [6, 6.07) is 13.9. The van der Waals surface area contributed by atoms with Gasteiger partial charge in [-0.3, -0.25) is 4.79 Å². The summed E-state index contributed by atoms with van der Waals surface area (Å²) in [6.07, 6.45) is 0. The Morgan fingerprint density at radius 2 is 1.86 bits per heavy atom. The Balaban J connectivity index is 1.62. The molecule has 3 rings (SSSR count). The summed E-state index contributed by atoms with van der Waals surface area (Å²) in [5.41, 5.74) is 1.18. The molecule has 0 unspecified atom stereocenters. The van der Waals surface area contributed by atoms with Gasteiger partial charge in [0, 0.05) is 10.5 Å². The smallest absolute Gasteiger partial charge is 0.230 e. The van der Waals surface area contributed by atoms with Crippen LogP contribution in [0.1, 0.15) is 18.5 Å². The Morgan fingerprint density at radius 1 is 1.14 bits per heavy atom. The quantitative estimate of drug-likeness (QED) is 0.692. The molecule has 1 aliphatic heterocycles. The van der Waals surface area contributed by atoms with Gasteiger partial charge in [-0.25, -0.2) is 8.78 Å². The summed E-state index contributed by atoms with van der Waals surface area (Å²) in [7, 11) is 0. The van der Waals surface area contributed by atoms with E-state index in [2.05, 4.69) is 17.4 Å². The molecule has 2 N–H and O–H groups in total. The number of benzene rings is 2. The molecule has 7 heteroatoms. The highest BCUT2D eigenvalue weighted by Crippen LogP contribution is 2.20. The van der Waals surface area contributed by atoms with Gasteiger partial charge in [-0.15, -0.1) is 11.8 Å². The third-order valence-corrected chi connectivity index (χ3v) is 5.88. The van der Waals surface area contributed by atoms with Crippen molar-refractivity contribution in [1.29, 1.82) is 0 Å². The van der Waals surface area contributed by atoms with Crippen LogP contribution in [0.4, 0.5) is 8.78 Å². The normalized spacial score (nSPS) is 17.1. The van der Waals surface area contributed by atoms with Crippen LogP contribution in [0.15, 0.2) is 53.4 Å². The van der Waals surface area contributed by atoms with Crippen LogP contribution in [-0.4, -0.2) is 44.0 Å². The largest absolute Gasteiger partial charge is 0.370 e. The highest BCUT2D eigenvalue weighted by molar-refractivity contribution is 8.00. The summed E-state index contributed by atoms with van der Waals surface area (Å²) in [6.45, 7) is 5.23. The second kappa shape index (κ2) is 10.0. The molecule has 0 radical (unpaired) electrons. The SMILES string of the molecule is C[C@H](NC(=O)CSc1ccc(F)c(F)c1)[C@H](c1ccccc1)[NH+]1CCOCC1. The number of ether oxygens (including phenoxy) is 1. The van der Waals surface area contributed by atoms with Crippen molar-refractivity contribution in [1.82, 2.24) is 5.32 Å². The maximum atomic E-state index is 13.3. The monoisotopic (exact) mass is 407 g/mol. The molecule has 2 aromatic rings. The Morgan fingerprint density at radius 3 is 2.54 bits per heavy atom. The van der Waals surface area contributed by atoms with Gasteiger partial charge in [0.25, 0.3) is 0 Å². The molecule has 1 amide bonds. The summed E-state index contributed by atoms with van der Waals surface area (Å²) in [5, 5.41) is 3.08. The number of carbonyl (C=O) groups is 1. The van der Waals surface area contributed by atoms with Crippen molar-refractivity contribution in [3.63, 3.8) is 0 Å². The molecular formula is C21H25F2N2O2S+. The van der Waals surface area contributed by atoms with E-state index >= 15 is 0 Å². The molecule has 0 aliphatic carbocycles. The molecule has 1 aliphatic rings. The van der Waals surface area contributed by atoms with Crippen LogP contribution in [0.25, 0.3) is 0 Å². The van der Waals surface area contributed by atoms with Crippen LogP contribution in [0.2, 0.25) is 0 Å². The van der Waals surface area contributed by atoms with Gasteiger partial charge in [0.15, 0.2) is 11.6 Å². The summed E-state index contributed by atoms with van der Waals surface area (Å²) in [5.74, 6) is -1.77. The van der Waals surface area contributed by atoms with Gasteiger partial charge in [0.1, 0.15) is 19.1 Å². The average molecular weight is 408 g/mol. The minimum atomic E-state index is -0.904. The lowest BCUT2D eigenvalue weighted by molar-refractivity contribution is -0.940. The van der Waals surface area contributed by atoms with Gasteiger partial charge < -0.3 is 15.0 Å². The van der Waals surface area contributed by atoms with E-state index in [9.17, 15) is 13.6 Å². The van der Waals surface area contributed by atoms with Crippen molar-refractivity contribution >= 4 is 17.7 Å². The van der Waals surface area contributed by atoms with Crippen LogP contribution < -0.4 is 10.2 Å². The molecule has 2 atom stereocenters. The Hall–Kier alpha value is -1.96. The lowest BCUT2D eigenvalue weighted by Gasteiger charge is -2.35. The number of amides is 1. The maximum Gasteiger partial charge on any atom is 0.230 e. The molecule has 4 nitrogen and oxygen atoms in total. The summed E-state index contributed by atoms with van der Waals surface area (Å²) < 4.78 is 31.8. The van der Waals surface area contributed by atoms with Crippen LogP contribution in [0.3, 0.4) is 0 Å². The van der Waals surface area contributed by atoms with Gasteiger partial charge in [0.2, 0.25) is 5.91 Å². The number of carbonyl (C=O) groups excluding carboxylic acids is 1. The third kappa shape index (κ3) is 5.53. The van der Waals surface area contributed by atoms with E-state index in [1.54, 1.807) is 0 Å². The van der Waals surface area contributed by atoms with Gasteiger partial charge in [-0.2, -0.15) is 0 Å². The minimum absolute atomic E-state index is 0.0754. The van der Waals surface area contributed by atoms with Crippen molar-refractivity contribution in [3.05, 3.63) is 65.7 Å². The van der Waals surface area contributed by atoms with Gasteiger partial charge in [0.05, 0.1) is 25.0 Å². The van der Waals surface area contributed by atoms with Crippen LogP contribution in [0, 0.1) is 11.6 Å². The number of rotatable bonds is 7. The minimum Gasteiger partial charge on any atom is -0.370 e. The second-order valence-electron chi connectivity index (χ2n) is 6.88. The van der Waals surface area contributed by atoms with Crippen molar-refractivity contribution in [2.45, 2.75) is 23.9 Å². The first kappa shape index (κ1) is 20.8. The molecule has 1 fully saturated rings. The van der Waals surface area contributed by atoms with E-state index in [0.29, 0.717) is 18.1 Å². The lowest BCUT2D eigenvalue weighted by atomic mass is 9.98. The van der Waals surface area contributed by atoms with Crippen LogP contribution in [-0.2, 0) is 9.53 Å². The van der Waals surface area contributed by atoms with Crippen molar-refractivity contribution in [2.75, 3.05) is 32.1 Å². The first-order chi connectivity index (χ1) is 13.5. The zero-order valence-electron chi connectivity index (χ0n) is 15.8. The number of halogens is 2. The van der Waals surface area contributed by atoms with Crippen molar-refractivity contribution < 1.29 is 23.2 Å². The van der Waals surface area contributed by atoms with E-state index in [4.69, 9.17) is 4.74 Å². The van der Waals surface area contributed by atoms with E-state index in [1.165, 1.54) is 28.3 Å². The highest BCUT2D eigenvalue weighted by atomic mass is 32.2. The third-order valence-electron chi connectivity index (χ3n) is 4.88. The maximum absolute atomic E-state index is 13.3. The lowest BCUT2D eigenvalue weighted by Crippen LogP contribution is -3.15. The summed E-state index contributed by atoms with van der Waals surface area (Å²) >= 11 is 1.19. The molecule has 150 valence electrons. The van der Waals surface area contributed by atoms with Gasteiger partial charge in [-0.1, -0.05) is 30.3 Å². The molecule has 28 heavy (non-hydrogen) atoms. The summed E-state index contributed by atoms with van der Waals surface area (Å²) in [4.78, 5) is 14.4. The standard InChI is InChI=1S/C21H24F2N2O2S/c1-15(24-20(26)14-28-17-7-8-18(22)19(23)13-17)21(16-5-3-2-4-6-16)25-9-11-27-12-10-25/h2-8,13,15,21H,9-12,14H2,1H3,(H,24,26)/p+1/t15-,21+/m0/s1. The molecule has 0 bridgehead atoms. The van der Waals surface area contributed by atoms with Crippen LogP contribution in [0.5, 0.6) is 0 Å². The van der Waals surface area contributed by atoms with E-state index in [0.717, 1.165) is 25.2 Å². The predicted octanol–water partition coefficient (Wildman–Crippen LogP) is 2.22. The number of hydrogen-bond acceptors (Lipinski definition) is 3. The molecule has 0 spiro atoms. The number of morpholine rings is 1. The second-order valence-corrected chi connectivity index (χ2v) is 7.93. The van der Waals surface area contributed by atoms with E-state index < -0.39 is 11.6 Å². The molecule has 1 saturated heterocycles. The number of thioether (sulfide) groups is 1. The fourth-order valence-corrected chi connectivity index (χ4v) is 4.31. The number of nitrogens with one attached hydrogen (secondary N) is 2. The zero-order chi connectivity index (χ0) is 19.9. The molecule has 0 saturated carbocycles. The first-order valence-corrected chi connectivity index (χ1v) is 10.4. The Kier molecular flexibility index (Phi) is 7.42. The van der Waals surface area contributed by atoms with Crippen LogP contribution >= 0.6 is 11.8 Å². The molecule has 0 aromatic heterocycles. The van der Waals surface area contributed by atoms with Gasteiger partial charge in [-0.05, 0) is 25.1 Å². The van der Waals surface area contributed by atoms with Gasteiger partial charge >= 0.3 is 0 Å². The van der Waals surface area contributed by atoms with Crippen molar-refractivity contribution in [3.8, 4) is 0 Å². The predicted molar refractivity (Wildman–Crippen MR) is 105 cm³/mol. The fraction of sp³-hybridized carbons (Fsp3) is 0.381. The first-order valence-electron chi connectivity index (χ1n) is 9.39. The fourth-order valence-electron chi connectivity index (χ4n) is 3.58. The topological polar surface area (TPSA) is 42.8 Å². The average Bonchev–Trinajstić information content (AvgIpc) is 2.71. The van der Waals surface area contributed by atoms with E-state index in [-0.39, 0.29) is 23.7 Å². The molecule has 2 aromatic carbocycles. The molecular weight excluding hydrogens is 382 g/mol. The van der Waals surface area contributed by atoms with E-state index in [1.807, 2.05) is 25.1 Å². The Bertz CT molecular complexity index is 785. The Labute approximate surface area is 168 Å². The zero-order valence-corrected chi connectivity index (χ0v) is 16.6. The highest BCUT2D eigenvalue weighted by Gasteiger charge is 2.32. The number of hydrogen-bond donors (Lipinski definition) is 2. The molecule has 1 heterocycles. The van der Waals surface area contributed by atoms with Crippen molar-refractivity contribution in [2.24, 2.45) is 0 Å². The number of quaternary nitrogens is 1.